The van der Waals surface area contributed by atoms with E-state index in [-0.39, 0.29) is 18.5 Å². The van der Waals surface area contributed by atoms with Gasteiger partial charge in [0.2, 0.25) is 5.91 Å². The molecule has 3 aromatic heterocycles. The molecule has 8 nitrogen and oxygen atoms in total. The lowest BCUT2D eigenvalue weighted by molar-refractivity contribution is -0.122. The molecule has 0 fully saturated rings. The van der Waals surface area contributed by atoms with Gasteiger partial charge < -0.3 is 4.57 Å². The van der Waals surface area contributed by atoms with Crippen LogP contribution in [0.25, 0.3) is 15.9 Å². The summed E-state index contributed by atoms with van der Waals surface area (Å²) in [5, 5.41) is 2.34. The zero-order valence-electron chi connectivity index (χ0n) is 17.1. The summed E-state index contributed by atoms with van der Waals surface area (Å²) < 4.78 is 3.38. The third-order valence-electron chi connectivity index (χ3n) is 5.04. The van der Waals surface area contributed by atoms with Crippen molar-refractivity contribution in [2.75, 3.05) is 0 Å². The molecule has 0 spiro atoms. The molecule has 158 valence electrons. The Balaban J connectivity index is 1.38. The summed E-state index contributed by atoms with van der Waals surface area (Å²) in [6.45, 7) is 3.95. The number of amides is 2. The van der Waals surface area contributed by atoms with E-state index in [1.807, 2.05) is 48.7 Å². The maximum atomic E-state index is 12.6. The summed E-state index contributed by atoms with van der Waals surface area (Å²) in [6.07, 6.45) is 1.46. The Morgan fingerprint density at radius 1 is 1.10 bits per heavy atom. The van der Waals surface area contributed by atoms with Crippen molar-refractivity contribution in [2.45, 2.75) is 26.8 Å². The summed E-state index contributed by atoms with van der Waals surface area (Å²) in [7, 11) is 0. The molecule has 9 heteroatoms. The average Bonchev–Trinajstić information content (AvgIpc) is 3.37. The fraction of sp³-hybridized carbons (Fsp3) is 0.182. The van der Waals surface area contributed by atoms with Crippen LogP contribution < -0.4 is 16.4 Å². The Labute approximate surface area is 182 Å². The van der Waals surface area contributed by atoms with E-state index >= 15 is 0 Å². The van der Waals surface area contributed by atoms with Crippen LogP contribution in [0.4, 0.5) is 0 Å². The zero-order chi connectivity index (χ0) is 22.0. The molecule has 0 unspecified atom stereocenters. The highest BCUT2D eigenvalue weighted by atomic mass is 32.1. The van der Waals surface area contributed by atoms with Gasteiger partial charge in [-0.05, 0) is 43.5 Å². The van der Waals surface area contributed by atoms with Crippen LogP contribution >= 0.6 is 11.3 Å². The van der Waals surface area contributed by atoms with Crippen molar-refractivity contribution >= 4 is 33.4 Å². The van der Waals surface area contributed by atoms with Crippen LogP contribution in [-0.2, 0) is 11.3 Å². The Kier molecular flexibility index (Phi) is 5.68. The molecule has 4 rings (SSSR count). The number of benzene rings is 1. The highest BCUT2D eigenvalue weighted by Crippen LogP contribution is 2.20. The second-order valence-corrected chi connectivity index (χ2v) is 7.99. The third kappa shape index (κ3) is 4.13. The third-order valence-corrected chi connectivity index (χ3v) is 5.86. The molecule has 31 heavy (non-hydrogen) atoms. The summed E-state index contributed by atoms with van der Waals surface area (Å²) in [6, 6.07) is 13.2. The Hall–Kier alpha value is -3.72. The van der Waals surface area contributed by atoms with E-state index in [1.54, 1.807) is 17.5 Å². The number of hydrogen-bond acceptors (Lipinski definition) is 5. The first-order valence-corrected chi connectivity index (χ1v) is 10.6. The minimum Gasteiger partial charge on any atom is -0.318 e. The first-order valence-electron chi connectivity index (χ1n) is 9.72. The van der Waals surface area contributed by atoms with Crippen LogP contribution in [0.3, 0.4) is 0 Å². The van der Waals surface area contributed by atoms with Crippen LogP contribution in [0.5, 0.6) is 0 Å². The molecule has 0 atom stereocenters. The molecule has 0 saturated carbocycles. The highest BCUT2D eigenvalue weighted by Gasteiger charge is 2.17. The lowest BCUT2D eigenvalue weighted by Crippen LogP contribution is -2.42. The van der Waals surface area contributed by atoms with Crippen molar-refractivity contribution in [1.29, 1.82) is 0 Å². The maximum Gasteiger partial charge on any atom is 0.271 e. The minimum atomic E-state index is -0.401. The molecule has 0 aliphatic heterocycles. The number of para-hydroxylation sites is 1. The smallest absolute Gasteiger partial charge is 0.271 e. The van der Waals surface area contributed by atoms with Crippen molar-refractivity contribution in [3.8, 4) is 5.69 Å². The average molecular weight is 436 g/mol. The molecular weight excluding hydrogens is 414 g/mol. The number of thiophene rings is 1. The van der Waals surface area contributed by atoms with E-state index in [9.17, 15) is 14.4 Å². The monoisotopic (exact) mass is 435 g/mol. The van der Waals surface area contributed by atoms with Crippen molar-refractivity contribution < 1.29 is 9.59 Å². The molecular formula is C22H21N5O3S. The molecule has 3 heterocycles. The number of hydrazine groups is 1. The van der Waals surface area contributed by atoms with Crippen LogP contribution in [-0.4, -0.2) is 25.9 Å². The van der Waals surface area contributed by atoms with E-state index in [4.69, 9.17) is 0 Å². The summed E-state index contributed by atoms with van der Waals surface area (Å²) >= 11 is 1.39. The zero-order valence-corrected chi connectivity index (χ0v) is 17.9. The largest absolute Gasteiger partial charge is 0.318 e. The first kappa shape index (κ1) is 20.5. The lowest BCUT2D eigenvalue weighted by atomic mass is 10.2. The second-order valence-electron chi connectivity index (χ2n) is 7.09. The van der Waals surface area contributed by atoms with E-state index in [0.717, 1.165) is 17.1 Å². The quantitative estimate of drug-likeness (QED) is 0.471. The molecule has 0 saturated heterocycles. The summed E-state index contributed by atoms with van der Waals surface area (Å²) in [5.74, 6) is -0.801. The Morgan fingerprint density at radius 3 is 2.65 bits per heavy atom. The number of aryl methyl sites for hydroxylation is 2. The van der Waals surface area contributed by atoms with Crippen molar-refractivity contribution in [2.24, 2.45) is 0 Å². The number of aromatic nitrogens is 3. The van der Waals surface area contributed by atoms with Gasteiger partial charge in [-0.3, -0.25) is 29.8 Å². The van der Waals surface area contributed by atoms with Crippen LogP contribution in [0.2, 0.25) is 0 Å². The summed E-state index contributed by atoms with van der Waals surface area (Å²) in [5.41, 5.74) is 7.81. The van der Waals surface area contributed by atoms with Gasteiger partial charge in [0.25, 0.3) is 11.5 Å². The number of hydrogen-bond donors (Lipinski definition) is 2. The van der Waals surface area contributed by atoms with Gasteiger partial charge in [-0.1, -0.05) is 18.2 Å². The normalized spacial score (nSPS) is 10.9. The molecule has 0 aliphatic rings. The lowest BCUT2D eigenvalue weighted by Gasteiger charge is -2.10. The number of nitrogens with one attached hydrogen (secondary N) is 2. The Bertz CT molecular complexity index is 1320. The summed E-state index contributed by atoms with van der Waals surface area (Å²) in [4.78, 5) is 42.1. The number of rotatable bonds is 5. The van der Waals surface area contributed by atoms with Gasteiger partial charge >= 0.3 is 0 Å². The number of carbonyl (C=O) groups is 2. The van der Waals surface area contributed by atoms with E-state index < -0.39 is 11.8 Å². The van der Waals surface area contributed by atoms with Crippen molar-refractivity contribution in [1.82, 2.24) is 25.0 Å². The second kappa shape index (κ2) is 8.57. The van der Waals surface area contributed by atoms with Gasteiger partial charge in [0.15, 0.2) is 0 Å². The molecule has 1 aromatic carbocycles. The molecule has 2 N–H and O–H groups in total. The highest BCUT2D eigenvalue weighted by molar-refractivity contribution is 7.16. The van der Waals surface area contributed by atoms with Gasteiger partial charge in [-0.2, -0.15) is 0 Å². The topological polar surface area (TPSA) is 98.0 Å². The van der Waals surface area contributed by atoms with Gasteiger partial charge in [0.05, 0.1) is 17.3 Å². The standard InChI is InChI=1S/C22H21N5O3S/c1-14-12-18(15(2)27(14)16-6-4-3-5-7-16)20(29)25-24-19(28)8-10-26-13-23-21-17(22(26)30)9-11-31-21/h3-7,9,11-13H,8,10H2,1-2H3,(H,24,28)(H,25,29). The predicted molar refractivity (Wildman–Crippen MR) is 119 cm³/mol. The first-order chi connectivity index (χ1) is 15.0. The van der Waals surface area contributed by atoms with Crippen LogP contribution in [0, 0.1) is 13.8 Å². The molecule has 0 radical (unpaired) electrons. The van der Waals surface area contributed by atoms with Gasteiger partial charge in [0, 0.05) is 30.0 Å². The molecule has 2 amide bonds. The van der Waals surface area contributed by atoms with Crippen LogP contribution in [0.1, 0.15) is 28.2 Å². The molecule has 0 aliphatic carbocycles. The van der Waals surface area contributed by atoms with Crippen molar-refractivity contribution in [3.05, 3.63) is 81.5 Å². The van der Waals surface area contributed by atoms with E-state index in [2.05, 4.69) is 15.8 Å². The van der Waals surface area contributed by atoms with E-state index in [1.165, 1.54) is 22.2 Å². The number of nitrogens with zero attached hydrogens (tertiary/aromatic N) is 3. The van der Waals surface area contributed by atoms with Crippen LogP contribution in [0.15, 0.2) is 59.0 Å². The minimum absolute atomic E-state index is 0.0283. The van der Waals surface area contributed by atoms with E-state index in [0.29, 0.717) is 15.8 Å². The van der Waals surface area contributed by atoms with Gasteiger partial charge in [-0.25, -0.2) is 4.98 Å². The predicted octanol–water partition coefficient (Wildman–Crippen LogP) is 2.72. The fourth-order valence-electron chi connectivity index (χ4n) is 3.50. The SMILES string of the molecule is Cc1cc(C(=O)NNC(=O)CCn2cnc3sccc3c2=O)c(C)n1-c1ccccc1. The molecule has 4 aromatic rings. The maximum absolute atomic E-state index is 12.6. The van der Waals surface area contributed by atoms with Crippen molar-refractivity contribution in [3.63, 3.8) is 0 Å². The van der Waals surface area contributed by atoms with Gasteiger partial charge in [0.1, 0.15) is 4.83 Å². The number of carbonyl (C=O) groups excluding carboxylic acids is 2. The molecule has 0 bridgehead atoms. The number of fused-ring (bicyclic) bond motifs is 1. The Morgan fingerprint density at radius 2 is 1.87 bits per heavy atom. The van der Waals surface area contributed by atoms with Gasteiger partial charge in [-0.15, -0.1) is 11.3 Å². The fourth-order valence-corrected chi connectivity index (χ4v) is 4.22.